The summed E-state index contributed by atoms with van der Waals surface area (Å²) in [4.78, 5) is 80.7. The number of amides is 6. The second-order valence-electron chi connectivity index (χ2n) is 16.7. The lowest BCUT2D eigenvalue weighted by molar-refractivity contribution is -0.141. The quantitative estimate of drug-likeness (QED) is 0.0958. The third kappa shape index (κ3) is 16.1. The molecule has 0 fully saturated rings. The topological polar surface area (TPSA) is 193 Å². The van der Waals surface area contributed by atoms with Crippen LogP contribution in [-0.2, 0) is 30.3 Å². The SMILES string of the molecule is CCc1cc([C@@H](C(=O)N[C@@H](C)C(=O)NC)N(C)C(=O)[C@H](CCCNC(=O)OC(C)(C)C)NC(=O)c2ccc(-c3ccc(C)cc3)cc2)ccc1OCCNC(=O)OC(C)(C)C. The number of likely N-dealkylation sites (N-methyl/N-ethyl adjacent to an activating group) is 2. The minimum Gasteiger partial charge on any atom is -0.491 e. The maximum absolute atomic E-state index is 14.6. The minimum atomic E-state index is -1.25. The van der Waals surface area contributed by atoms with Crippen LogP contribution in [0.5, 0.6) is 5.75 Å². The Kier molecular flexibility index (Phi) is 18.1. The van der Waals surface area contributed by atoms with E-state index in [4.69, 9.17) is 14.2 Å². The van der Waals surface area contributed by atoms with Crippen LogP contribution in [0.2, 0.25) is 0 Å². The minimum absolute atomic E-state index is 0.0967. The third-order valence-corrected chi connectivity index (χ3v) is 9.26. The van der Waals surface area contributed by atoms with E-state index >= 15 is 0 Å². The number of carbonyl (C=O) groups excluding carboxylic acids is 6. The molecule has 0 saturated heterocycles. The number of ether oxygens (including phenoxy) is 3. The molecule has 15 nitrogen and oxygen atoms in total. The van der Waals surface area contributed by atoms with Crippen LogP contribution in [0.25, 0.3) is 11.1 Å². The van der Waals surface area contributed by atoms with E-state index in [1.165, 1.54) is 25.9 Å². The normalized spacial score (nSPS) is 12.8. The molecule has 0 aliphatic heterocycles. The van der Waals surface area contributed by atoms with Gasteiger partial charge in [0, 0.05) is 26.2 Å². The van der Waals surface area contributed by atoms with E-state index in [1.807, 2.05) is 50.2 Å². The van der Waals surface area contributed by atoms with Crippen molar-refractivity contribution < 1.29 is 43.0 Å². The van der Waals surface area contributed by atoms with Gasteiger partial charge in [-0.2, -0.15) is 0 Å². The molecule has 61 heavy (non-hydrogen) atoms. The fraction of sp³-hybridized carbons (Fsp3) is 0.478. The fourth-order valence-electron chi connectivity index (χ4n) is 6.18. The van der Waals surface area contributed by atoms with Crippen molar-refractivity contribution in [1.82, 2.24) is 31.5 Å². The molecule has 0 aliphatic rings. The summed E-state index contributed by atoms with van der Waals surface area (Å²) in [5, 5.41) is 13.5. The van der Waals surface area contributed by atoms with Gasteiger partial charge in [0.1, 0.15) is 41.7 Å². The van der Waals surface area contributed by atoms with Crippen molar-refractivity contribution in [2.24, 2.45) is 0 Å². The first kappa shape index (κ1) is 49.2. The number of hydrogen-bond donors (Lipinski definition) is 5. The van der Waals surface area contributed by atoms with E-state index in [0.717, 1.165) is 22.3 Å². The highest BCUT2D eigenvalue weighted by atomic mass is 16.6. The number of aryl methyl sites for hydroxylation is 2. The highest BCUT2D eigenvalue weighted by Gasteiger charge is 2.35. The molecular formula is C46H64N6O9. The third-order valence-electron chi connectivity index (χ3n) is 9.26. The van der Waals surface area contributed by atoms with Gasteiger partial charge in [-0.25, -0.2) is 9.59 Å². The molecule has 0 radical (unpaired) electrons. The molecule has 3 aromatic rings. The highest BCUT2D eigenvalue weighted by molar-refractivity contribution is 5.99. The van der Waals surface area contributed by atoms with E-state index in [1.54, 1.807) is 71.9 Å². The first-order valence-electron chi connectivity index (χ1n) is 20.6. The van der Waals surface area contributed by atoms with Crippen molar-refractivity contribution in [3.8, 4) is 16.9 Å². The van der Waals surface area contributed by atoms with E-state index in [-0.39, 0.29) is 32.5 Å². The first-order chi connectivity index (χ1) is 28.6. The largest absolute Gasteiger partial charge is 0.491 e. The zero-order chi connectivity index (χ0) is 45.5. The number of nitrogens with one attached hydrogen (secondary N) is 5. The Labute approximate surface area is 360 Å². The van der Waals surface area contributed by atoms with Crippen molar-refractivity contribution in [3.05, 3.63) is 89.0 Å². The Hall–Kier alpha value is -6.12. The number of hydrogen-bond acceptors (Lipinski definition) is 9. The molecule has 5 N–H and O–H groups in total. The van der Waals surface area contributed by atoms with Crippen LogP contribution in [0.3, 0.4) is 0 Å². The van der Waals surface area contributed by atoms with Crippen LogP contribution >= 0.6 is 0 Å². The molecule has 0 heterocycles. The van der Waals surface area contributed by atoms with Crippen LogP contribution in [-0.4, -0.2) is 97.8 Å². The monoisotopic (exact) mass is 844 g/mol. The summed E-state index contributed by atoms with van der Waals surface area (Å²) in [5.74, 6) is -1.64. The average Bonchev–Trinajstić information content (AvgIpc) is 3.19. The Morgan fingerprint density at radius 1 is 0.738 bits per heavy atom. The molecule has 3 atom stereocenters. The van der Waals surface area contributed by atoms with Gasteiger partial charge in [-0.1, -0.05) is 55.0 Å². The smallest absolute Gasteiger partial charge is 0.407 e. The first-order valence-corrected chi connectivity index (χ1v) is 20.6. The van der Waals surface area contributed by atoms with E-state index < -0.39 is 65.1 Å². The lowest BCUT2D eigenvalue weighted by atomic mass is 9.98. The second-order valence-corrected chi connectivity index (χ2v) is 16.7. The van der Waals surface area contributed by atoms with E-state index in [2.05, 4.69) is 26.6 Å². The number of benzene rings is 3. The van der Waals surface area contributed by atoms with Gasteiger partial charge in [-0.3, -0.25) is 19.2 Å². The van der Waals surface area contributed by atoms with Gasteiger partial charge in [0.2, 0.25) is 17.7 Å². The standard InChI is InChI=1S/C46H64N6O9/c1-12-31-28-35(23-24-37(31)59-27-26-49-44(58)61-46(7,8)9)38(41(55)50-30(3)39(53)47-10)52(11)42(56)36(14-13-25-48-43(57)60-45(4,5)6)51-40(54)34-21-19-33(20-22-34)32-17-15-29(2)16-18-32/h15-24,28,30,36,38H,12-14,25-27H2,1-11H3,(H,47,53)(H,48,57)(H,49,58)(H,50,55)(H,51,54)/t30-,36-,38-/m0/s1. The van der Waals surface area contributed by atoms with Crippen molar-refractivity contribution in [2.75, 3.05) is 33.8 Å². The van der Waals surface area contributed by atoms with Crippen molar-refractivity contribution in [3.63, 3.8) is 0 Å². The molecule has 0 aromatic heterocycles. The summed E-state index contributed by atoms with van der Waals surface area (Å²) < 4.78 is 16.6. The molecule has 332 valence electrons. The zero-order valence-electron chi connectivity index (χ0n) is 37.4. The predicted molar refractivity (Wildman–Crippen MR) is 234 cm³/mol. The molecule has 15 heteroatoms. The number of rotatable bonds is 18. The van der Waals surface area contributed by atoms with Crippen LogP contribution in [0.1, 0.15) is 101 Å². The van der Waals surface area contributed by atoms with Crippen molar-refractivity contribution >= 4 is 35.8 Å². The maximum Gasteiger partial charge on any atom is 0.407 e. The summed E-state index contributed by atoms with van der Waals surface area (Å²) in [5.41, 5.74) is 3.14. The predicted octanol–water partition coefficient (Wildman–Crippen LogP) is 5.98. The summed E-state index contributed by atoms with van der Waals surface area (Å²) in [6, 6.07) is 16.8. The van der Waals surface area contributed by atoms with Gasteiger partial charge in [0.25, 0.3) is 5.91 Å². The Morgan fingerprint density at radius 2 is 1.30 bits per heavy atom. The molecule has 0 unspecified atom stereocenters. The Balaban J connectivity index is 1.93. The van der Waals surface area contributed by atoms with Gasteiger partial charge in [-0.15, -0.1) is 0 Å². The lowest BCUT2D eigenvalue weighted by Crippen LogP contribution is -2.53. The fourth-order valence-corrected chi connectivity index (χ4v) is 6.18. The van der Waals surface area contributed by atoms with Gasteiger partial charge in [0.05, 0.1) is 6.54 Å². The zero-order valence-corrected chi connectivity index (χ0v) is 37.4. The molecule has 0 saturated carbocycles. The van der Waals surface area contributed by atoms with Gasteiger partial charge < -0.3 is 45.7 Å². The molecular weight excluding hydrogens is 781 g/mol. The molecule has 3 aromatic carbocycles. The van der Waals surface area contributed by atoms with E-state index in [9.17, 15) is 28.8 Å². The van der Waals surface area contributed by atoms with Crippen LogP contribution in [0, 0.1) is 6.92 Å². The van der Waals surface area contributed by atoms with Crippen molar-refractivity contribution in [2.45, 2.75) is 111 Å². The van der Waals surface area contributed by atoms with Gasteiger partial charge in [0.15, 0.2) is 0 Å². The van der Waals surface area contributed by atoms with Gasteiger partial charge in [-0.05, 0) is 121 Å². The summed E-state index contributed by atoms with van der Waals surface area (Å²) in [7, 11) is 2.92. The summed E-state index contributed by atoms with van der Waals surface area (Å²) in [6.07, 6.45) is -0.324. The van der Waals surface area contributed by atoms with Crippen LogP contribution < -0.4 is 31.3 Å². The number of carbonyl (C=O) groups is 6. The van der Waals surface area contributed by atoms with Crippen LogP contribution in [0.15, 0.2) is 66.7 Å². The Bertz CT molecular complexity index is 1970. The molecule has 0 aliphatic carbocycles. The molecule has 0 bridgehead atoms. The number of nitrogens with zero attached hydrogens (tertiary/aromatic N) is 1. The highest BCUT2D eigenvalue weighted by Crippen LogP contribution is 2.29. The Morgan fingerprint density at radius 3 is 1.84 bits per heavy atom. The van der Waals surface area contributed by atoms with Crippen molar-refractivity contribution in [1.29, 1.82) is 0 Å². The second kappa shape index (κ2) is 22.5. The molecule has 3 rings (SSSR count). The number of alkyl carbamates (subject to hydrolysis) is 2. The summed E-state index contributed by atoms with van der Waals surface area (Å²) in [6.45, 7) is 16.5. The van der Waals surface area contributed by atoms with E-state index in [0.29, 0.717) is 23.3 Å². The molecule has 0 spiro atoms. The maximum atomic E-state index is 14.6. The summed E-state index contributed by atoms with van der Waals surface area (Å²) >= 11 is 0. The lowest BCUT2D eigenvalue weighted by Gasteiger charge is -2.32. The molecule has 6 amide bonds. The van der Waals surface area contributed by atoms with Crippen LogP contribution in [0.4, 0.5) is 9.59 Å². The average molecular weight is 845 g/mol. The van der Waals surface area contributed by atoms with Gasteiger partial charge >= 0.3 is 12.2 Å².